The third-order valence-corrected chi connectivity index (χ3v) is 4.33. The van der Waals surface area contributed by atoms with Gasteiger partial charge in [0.25, 0.3) is 0 Å². The first-order valence-corrected chi connectivity index (χ1v) is 7.38. The van der Waals surface area contributed by atoms with Gasteiger partial charge in [-0.15, -0.1) is 0 Å². The van der Waals surface area contributed by atoms with Crippen molar-refractivity contribution in [3.05, 3.63) is 35.4 Å². The number of carboxylic acid groups (broad SMARTS) is 1. The van der Waals surface area contributed by atoms with Gasteiger partial charge in [0.1, 0.15) is 6.04 Å². The van der Waals surface area contributed by atoms with Crippen molar-refractivity contribution < 1.29 is 14.7 Å². The monoisotopic (exact) mass is 293 g/mol. The highest BCUT2D eigenvalue weighted by Gasteiger charge is 2.33. The van der Waals surface area contributed by atoms with Gasteiger partial charge in [-0.3, -0.25) is 4.79 Å². The first kappa shape index (κ1) is 14.9. The minimum atomic E-state index is -0.933. The van der Waals surface area contributed by atoms with Gasteiger partial charge in [-0.05, 0) is 24.0 Å². The number of carbonyl (C=O) groups is 2. The van der Waals surface area contributed by atoms with Gasteiger partial charge in [0.15, 0.2) is 0 Å². The lowest BCUT2D eigenvalue weighted by atomic mass is 10.0. The van der Waals surface area contributed by atoms with E-state index < -0.39 is 12.0 Å². The Bertz CT molecular complexity index is 518. The van der Waals surface area contributed by atoms with Crippen LogP contribution in [0, 0.1) is 5.92 Å². The van der Waals surface area contributed by atoms with Crippen LogP contribution in [0.25, 0.3) is 0 Å². The van der Waals surface area contributed by atoms with Crippen molar-refractivity contribution >= 4 is 24.5 Å². The maximum Gasteiger partial charge on any atom is 0.326 e. The van der Waals surface area contributed by atoms with E-state index in [-0.39, 0.29) is 11.8 Å². The zero-order valence-corrected chi connectivity index (χ0v) is 12.3. The number of rotatable bonds is 3. The Hall–Kier alpha value is -1.49. The minimum Gasteiger partial charge on any atom is -0.480 e. The molecule has 0 saturated carbocycles. The van der Waals surface area contributed by atoms with Gasteiger partial charge in [0.05, 0.1) is 0 Å². The van der Waals surface area contributed by atoms with Crippen molar-refractivity contribution in [1.29, 1.82) is 0 Å². The third kappa shape index (κ3) is 2.98. The van der Waals surface area contributed by atoms with Gasteiger partial charge >= 0.3 is 5.97 Å². The normalized spacial score (nSPS) is 19.9. The molecule has 2 atom stereocenters. The predicted molar refractivity (Wildman–Crippen MR) is 79.8 cm³/mol. The zero-order chi connectivity index (χ0) is 14.7. The van der Waals surface area contributed by atoms with Gasteiger partial charge in [0.2, 0.25) is 5.91 Å². The fourth-order valence-electron chi connectivity index (χ4n) is 2.55. The summed E-state index contributed by atoms with van der Waals surface area (Å²) in [5.41, 5.74) is 2.17. The Morgan fingerprint density at radius 2 is 2.05 bits per heavy atom. The Labute approximate surface area is 124 Å². The number of benzene rings is 1. The van der Waals surface area contributed by atoms with Crippen LogP contribution >= 0.6 is 12.6 Å². The number of amides is 1. The van der Waals surface area contributed by atoms with E-state index in [1.54, 1.807) is 6.92 Å². The number of hydrogen-bond donors (Lipinski definition) is 2. The molecule has 20 heavy (non-hydrogen) atoms. The minimum absolute atomic E-state index is 0.135. The van der Waals surface area contributed by atoms with Crippen LogP contribution in [0.5, 0.6) is 0 Å². The second-order valence-corrected chi connectivity index (χ2v) is 5.58. The molecule has 1 amide bonds. The van der Waals surface area contributed by atoms with Crippen molar-refractivity contribution in [3.8, 4) is 0 Å². The Morgan fingerprint density at radius 3 is 2.65 bits per heavy atom. The molecule has 0 bridgehead atoms. The molecule has 0 saturated heterocycles. The van der Waals surface area contributed by atoms with E-state index in [0.29, 0.717) is 25.1 Å². The molecular weight excluding hydrogens is 274 g/mol. The lowest BCUT2D eigenvalue weighted by Crippen LogP contribution is -2.46. The molecule has 0 radical (unpaired) electrons. The van der Waals surface area contributed by atoms with Crippen LogP contribution in [0.3, 0.4) is 0 Å². The summed E-state index contributed by atoms with van der Waals surface area (Å²) in [6.45, 7) is 2.15. The molecule has 1 aromatic rings. The van der Waals surface area contributed by atoms with Crippen LogP contribution in [0.2, 0.25) is 0 Å². The highest BCUT2D eigenvalue weighted by Crippen LogP contribution is 2.24. The first-order valence-electron chi connectivity index (χ1n) is 6.75. The number of thiol groups is 1. The van der Waals surface area contributed by atoms with E-state index in [0.717, 1.165) is 11.1 Å². The fraction of sp³-hybridized carbons (Fsp3) is 0.467. The van der Waals surface area contributed by atoms with E-state index in [2.05, 4.69) is 12.6 Å². The van der Waals surface area contributed by atoms with E-state index in [1.165, 1.54) is 4.90 Å². The van der Waals surface area contributed by atoms with Gasteiger partial charge in [-0.2, -0.15) is 12.6 Å². The number of carbonyl (C=O) groups excluding carboxylic acids is 1. The van der Waals surface area contributed by atoms with Crippen molar-refractivity contribution in [3.63, 3.8) is 0 Å². The Balaban J connectivity index is 2.33. The number of hydrogen-bond acceptors (Lipinski definition) is 3. The summed E-state index contributed by atoms with van der Waals surface area (Å²) in [6.07, 6.45) is 1.14. The maximum atomic E-state index is 12.4. The largest absolute Gasteiger partial charge is 0.480 e. The van der Waals surface area contributed by atoms with Crippen LogP contribution in [-0.2, 0) is 22.6 Å². The van der Waals surface area contributed by atoms with Crippen LogP contribution in [0.1, 0.15) is 24.5 Å². The molecule has 1 heterocycles. The van der Waals surface area contributed by atoms with Crippen LogP contribution in [0.4, 0.5) is 0 Å². The molecule has 0 fully saturated rings. The van der Waals surface area contributed by atoms with Crippen molar-refractivity contribution in [2.75, 3.05) is 5.75 Å². The van der Waals surface area contributed by atoms with Crippen LogP contribution in [-0.4, -0.2) is 33.7 Å². The van der Waals surface area contributed by atoms with E-state index in [9.17, 15) is 14.7 Å². The number of aryl methyl sites for hydroxylation is 1. The van der Waals surface area contributed by atoms with Crippen molar-refractivity contribution in [2.45, 2.75) is 32.4 Å². The number of fused-ring (bicyclic) bond motifs is 1. The molecule has 0 spiro atoms. The average Bonchev–Trinajstić information content (AvgIpc) is 2.65. The summed E-state index contributed by atoms with van der Waals surface area (Å²) in [4.78, 5) is 25.4. The van der Waals surface area contributed by atoms with E-state index in [4.69, 9.17) is 0 Å². The first-order chi connectivity index (χ1) is 9.54. The second-order valence-electron chi connectivity index (χ2n) is 5.21. The average molecular weight is 293 g/mol. The Morgan fingerprint density at radius 1 is 1.40 bits per heavy atom. The summed E-state index contributed by atoms with van der Waals surface area (Å²) in [7, 11) is 0. The molecule has 1 aliphatic heterocycles. The quantitative estimate of drug-likeness (QED) is 0.838. The molecule has 0 aliphatic carbocycles. The van der Waals surface area contributed by atoms with Gasteiger partial charge in [-0.1, -0.05) is 31.2 Å². The molecule has 108 valence electrons. The molecular formula is C15H19NO3S. The third-order valence-electron chi connectivity index (χ3n) is 3.79. The highest BCUT2D eigenvalue weighted by molar-refractivity contribution is 7.80. The standard InChI is InChI=1S/C15H19NO3S/c1-10(9-20)14(17)16-8-12-5-3-2-4-11(12)6-7-13(16)15(18)19/h2-5,10,13,20H,6-9H2,1H3,(H,18,19). The summed E-state index contributed by atoms with van der Waals surface area (Å²) in [5.74, 6) is -0.921. The second kappa shape index (κ2) is 6.31. The molecule has 1 N–H and O–H groups in total. The van der Waals surface area contributed by atoms with Crippen LogP contribution < -0.4 is 0 Å². The zero-order valence-electron chi connectivity index (χ0n) is 11.5. The number of aliphatic carboxylic acids is 1. The van der Waals surface area contributed by atoms with Gasteiger partial charge in [0, 0.05) is 18.2 Å². The molecule has 2 unspecified atom stereocenters. The predicted octanol–water partition coefficient (Wildman–Crippen LogP) is 1.98. The molecule has 2 rings (SSSR count). The summed E-state index contributed by atoms with van der Waals surface area (Å²) >= 11 is 4.14. The lowest BCUT2D eigenvalue weighted by Gasteiger charge is -2.29. The van der Waals surface area contributed by atoms with Crippen LogP contribution in [0.15, 0.2) is 24.3 Å². The molecule has 4 nitrogen and oxygen atoms in total. The summed E-state index contributed by atoms with van der Waals surface area (Å²) in [6, 6.07) is 7.08. The van der Waals surface area contributed by atoms with Crippen molar-refractivity contribution in [2.24, 2.45) is 5.92 Å². The molecule has 0 aromatic heterocycles. The molecule has 5 heteroatoms. The maximum absolute atomic E-state index is 12.4. The number of carboxylic acids is 1. The van der Waals surface area contributed by atoms with Gasteiger partial charge in [-0.25, -0.2) is 4.79 Å². The van der Waals surface area contributed by atoms with E-state index >= 15 is 0 Å². The summed E-state index contributed by atoms with van der Waals surface area (Å²) < 4.78 is 0. The highest BCUT2D eigenvalue weighted by atomic mass is 32.1. The molecule has 1 aliphatic rings. The Kier molecular flexibility index (Phi) is 4.70. The molecule has 1 aromatic carbocycles. The smallest absolute Gasteiger partial charge is 0.326 e. The summed E-state index contributed by atoms with van der Waals surface area (Å²) in [5, 5.41) is 9.40. The SMILES string of the molecule is CC(CS)C(=O)N1Cc2ccccc2CCC1C(=O)O. The topological polar surface area (TPSA) is 57.6 Å². The fourth-order valence-corrected chi connectivity index (χ4v) is 2.70. The van der Waals surface area contributed by atoms with Crippen molar-refractivity contribution in [1.82, 2.24) is 4.90 Å². The number of nitrogens with zero attached hydrogens (tertiary/aromatic N) is 1. The van der Waals surface area contributed by atoms with Gasteiger partial charge < -0.3 is 10.0 Å². The lowest BCUT2D eigenvalue weighted by molar-refractivity contribution is -0.152. The van der Waals surface area contributed by atoms with E-state index in [1.807, 2.05) is 24.3 Å².